The molecule has 9 nitrogen and oxygen atoms in total. The average Bonchev–Trinajstić information content (AvgIpc) is 2.81. The van der Waals surface area contributed by atoms with Crippen LogP contribution in [0.2, 0.25) is 0 Å². The maximum atomic E-state index is 13.5. The molecule has 1 fully saturated rings. The largest absolute Gasteiger partial charge is 0.508 e. The van der Waals surface area contributed by atoms with E-state index in [0.29, 0.717) is 16.7 Å². The van der Waals surface area contributed by atoms with E-state index in [9.17, 15) is 34.8 Å². The number of carbonyl (C=O) groups excluding carboxylic acids is 3. The molecule has 0 radical (unpaired) electrons. The van der Waals surface area contributed by atoms with Gasteiger partial charge in [0, 0.05) is 17.9 Å². The number of nitrogens with zero attached hydrogens (tertiary/aromatic N) is 1. The summed E-state index contributed by atoms with van der Waals surface area (Å²) in [6.45, 7) is 0. The van der Waals surface area contributed by atoms with Gasteiger partial charge in [-0.15, -0.1) is 0 Å². The SMILES string of the molecule is N#Cc1ccc(-c2ccc(O)c3c2CC2CC4CC(=O)C(C(N)=O)=C(O)C4(O)C(=O)C2=C3O)cc1. The molecule has 3 atom stereocenters. The van der Waals surface area contributed by atoms with Crippen LogP contribution in [0.5, 0.6) is 5.75 Å². The summed E-state index contributed by atoms with van der Waals surface area (Å²) in [5, 5.41) is 52.7. The third-order valence-corrected chi connectivity index (χ3v) is 7.27. The number of fused-ring (bicyclic) bond motifs is 3. The van der Waals surface area contributed by atoms with E-state index >= 15 is 0 Å². The molecule has 35 heavy (non-hydrogen) atoms. The monoisotopic (exact) mass is 472 g/mol. The molecule has 0 heterocycles. The van der Waals surface area contributed by atoms with Crippen molar-refractivity contribution in [2.75, 3.05) is 0 Å². The lowest BCUT2D eigenvalue weighted by Crippen LogP contribution is -2.58. The minimum Gasteiger partial charge on any atom is -0.508 e. The van der Waals surface area contributed by atoms with E-state index in [1.54, 1.807) is 30.3 Å². The summed E-state index contributed by atoms with van der Waals surface area (Å²) in [5.74, 6) is -6.61. The molecule has 5 rings (SSSR count). The van der Waals surface area contributed by atoms with Gasteiger partial charge < -0.3 is 26.2 Å². The molecule has 0 spiro atoms. The Balaban J connectivity index is 1.69. The van der Waals surface area contributed by atoms with Crippen molar-refractivity contribution in [1.29, 1.82) is 5.26 Å². The van der Waals surface area contributed by atoms with E-state index in [1.165, 1.54) is 6.07 Å². The number of aliphatic hydroxyl groups excluding tert-OH is 2. The number of nitrogens with two attached hydrogens (primary N) is 1. The van der Waals surface area contributed by atoms with Crippen molar-refractivity contribution in [2.24, 2.45) is 17.6 Å². The van der Waals surface area contributed by atoms with Crippen LogP contribution >= 0.6 is 0 Å². The average molecular weight is 472 g/mol. The van der Waals surface area contributed by atoms with Crippen molar-refractivity contribution < 1.29 is 34.8 Å². The van der Waals surface area contributed by atoms with E-state index in [2.05, 4.69) is 0 Å². The zero-order valence-corrected chi connectivity index (χ0v) is 18.3. The highest BCUT2D eigenvalue weighted by Gasteiger charge is 2.60. The number of ketones is 2. The van der Waals surface area contributed by atoms with Gasteiger partial charge in [-0.1, -0.05) is 18.2 Å². The Kier molecular flexibility index (Phi) is 4.83. The number of hydrogen-bond donors (Lipinski definition) is 5. The molecule has 1 saturated carbocycles. The first-order valence-corrected chi connectivity index (χ1v) is 10.9. The number of nitriles is 1. The molecule has 2 aromatic carbocycles. The van der Waals surface area contributed by atoms with Crippen molar-refractivity contribution in [3.05, 3.63) is 70.0 Å². The van der Waals surface area contributed by atoms with Gasteiger partial charge in [0.1, 0.15) is 22.8 Å². The van der Waals surface area contributed by atoms with Gasteiger partial charge in [0.25, 0.3) is 5.91 Å². The standard InChI is InChI=1S/C26H20N2O7/c27-10-11-1-3-12(4-2-11)15-5-6-17(29)20-16(15)8-13-7-14-9-18(30)21(25(28)34)24(33)26(14,35)23(32)19(13)22(20)31/h1-6,13-14,29,31,33,35H,7-9H2,(H2,28,34). The topological polar surface area (TPSA) is 182 Å². The summed E-state index contributed by atoms with van der Waals surface area (Å²) in [7, 11) is 0. The van der Waals surface area contributed by atoms with Gasteiger partial charge in [-0.05, 0) is 53.6 Å². The number of phenols is 1. The summed E-state index contributed by atoms with van der Waals surface area (Å²) >= 11 is 0. The Labute approximate surface area is 199 Å². The fraction of sp³-hybridized carbons (Fsp3) is 0.231. The maximum Gasteiger partial charge on any atom is 0.255 e. The highest BCUT2D eigenvalue weighted by molar-refractivity contribution is 6.22. The maximum absolute atomic E-state index is 13.5. The number of hydrogen-bond acceptors (Lipinski definition) is 8. The first-order valence-electron chi connectivity index (χ1n) is 10.9. The molecule has 9 heteroatoms. The van der Waals surface area contributed by atoms with Gasteiger partial charge in [0.15, 0.2) is 11.4 Å². The number of carbonyl (C=O) groups is 3. The first kappa shape index (κ1) is 22.4. The molecular formula is C26H20N2O7. The number of primary amides is 1. The van der Waals surface area contributed by atoms with Crippen molar-refractivity contribution in [3.63, 3.8) is 0 Å². The van der Waals surface area contributed by atoms with Crippen LogP contribution in [-0.2, 0) is 20.8 Å². The fourth-order valence-corrected chi connectivity index (χ4v) is 5.62. The van der Waals surface area contributed by atoms with Gasteiger partial charge in [-0.2, -0.15) is 5.26 Å². The van der Waals surface area contributed by atoms with Crippen molar-refractivity contribution in [1.82, 2.24) is 0 Å². The lowest BCUT2D eigenvalue weighted by molar-refractivity contribution is -0.147. The molecule has 0 saturated heterocycles. The zero-order chi connectivity index (χ0) is 25.2. The van der Waals surface area contributed by atoms with Crippen LogP contribution in [0.15, 0.2) is 53.3 Å². The molecule has 2 aromatic rings. The normalized spacial score (nSPS) is 25.5. The van der Waals surface area contributed by atoms with Gasteiger partial charge in [-0.25, -0.2) is 0 Å². The van der Waals surface area contributed by atoms with E-state index in [4.69, 9.17) is 11.0 Å². The summed E-state index contributed by atoms with van der Waals surface area (Å²) in [6, 6.07) is 11.8. The number of phenolic OH excluding ortho intramolecular Hbond substituents is 1. The molecule has 3 aliphatic carbocycles. The van der Waals surface area contributed by atoms with Crippen molar-refractivity contribution in [3.8, 4) is 22.9 Å². The van der Waals surface area contributed by atoms with Crippen LogP contribution in [0.25, 0.3) is 16.9 Å². The third kappa shape index (κ3) is 3.00. The number of rotatable bonds is 2. The van der Waals surface area contributed by atoms with E-state index in [-0.39, 0.29) is 36.1 Å². The zero-order valence-electron chi connectivity index (χ0n) is 18.3. The molecule has 0 aromatic heterocycles. The van der Waals surface area contributed by atoms with Crippen LogP contribution in [0, 0.1) is 23.2 Å². The quantitative estimate of drug-likeness (QED) is 0.411. The second kappa shape index (κ2) is 7.55. The molecule has 0 aliphatic heterocycles. The van der Waals surface area contributed by atoms with Gasteiger partial charge in [0.05, 0.1) is 17.2 Å². The third-order valence-electron chi connectivity index (χ3n) is 7.27. The Morgan fingerprint density at radius 1 is 1.06 bits per heavy atom. The summed E-state index contributed by atoms with van der Waals surface area (Å²) in [6.07, 6.45) is -0.103. The second-order valence-electron chi connectivity index (χ2n) is 9.08. The number of aromatic hydroxyl groups is 1. The number of amides is 1. The van der Waals surface area contributed by atoms with Crippen LogP contribution in [-0.4, -0.2) is 43.5 Å². The van der Waals surface area contributed by atoms with E-state index < -0.39 is 52.0 Å². The van der Waals surface area contributed by atoms with Gasteiger partial charge in [-0.3, -0.25) is 14.4 Å². The van der Waals surface area contributed by atoms with E-state index in [1.807, 2.05) is 6.07 Å². The number of Topliss-reactive ketones (excluding diaryl/α,β-unsaturated/α-hetero) is 2. The molecule has 1 amide bonds. The number of aliphatic hydroxyl groups is 3. The molecule has 3 unspecified atom stereocenters. The Morgan fingerprint density at radius 3 is 2.37 bits per heavy atom. The predicted molar refractivity (Wildman–Crippen MR) is 122 cm³/mol. The molecule has 3 aliphatic rings. The van der Waals surface area contributed by atoms with Crippen molar-refractivity contribution in [2.45, 2.75) is 24.9 Å². The lowest BCUT2D eigenvalue weighted by Gasteiger charge is -2.46. The minimum absolute atomic E-state index is 0.0268. The number of benzene rings is 2. The molecule has 0 bridgehead atoms. The summed E-state index contributed by atoms with van der Waals surface area (Å²) in [4.78, 5) is 37.7. The fourth-order valence-electron chi connectivity index (χ4n) is 5.62. The van der Waals surface area contributed by atoms with E-state index in [0.717, 1.165) is 5.56 Å². The first-order chi connectivity index (χ1) is 16.6. The van der Waals surface area contributed by atoms with Crippen LogP contribution < -0.4 is 5.73 Å². The summed E-state index contributed by atoms with van der Waals surface area (Å²) in [5.41, 5.74) is 4.07. The van der Waals surface area contributed by atoms with Crippen LogP contribution in [0.3, 0.4) is 0 Å². The second-order valence-corrected chi connectivity index (χ2v) is 9.08. The molecule has 6 N–H and O–H groups in total. The highest BCUT2D eigenvalue weighted by Crippen LogP contribution is 2.53. The summed E-state index contributed by atoms with van der Waals surface area (Å²) < 4.78 is 0. The lowest BCUT2D eigenvalue weighted by atomic mass is 9.59. The van der Waals surface area contributed by atoms with Gasteiger partial charge >= 0.3 is 0 Å². The Morgan fingerprint density at radius 2 is 1.74 bits per heavy atom. The highest BCUT2D eigenvalue weighted by atomic mass is 16.3. The van der Waals surface area contributed by atoms with Gasteiger partial charge in [0.2, 0.25) is 5.78 Å². The predicted octanol–water partition coefficient (Wildman–Crippen LogP) is 1.96. The molecular weight excluding hydrogens is 452 g/mol. The molecule has 176 valence electrons. The Hall–Kier alpha value is -4.42. The van der Waals surface area contributed by atoms with Crippen LogP contribution in [0.4, 0.5) is 0 Å². The van der Waals surface area contributed by atoms with Crippen LogP contribution in [0.1, 0.15) is 29.5 Å². The Bertz CT molecular complexity index is 1450. The smallest absolute Gasteiger partial charge is 0.255 e. The van der Waals surface area contributed by atoms with Crippen molar-refractivity contribution >= 4 is 23.2 Å². The minimum atomic E-state index is -2.59.